The number of rotatable bonds is 8. The molecule has 0 aromatic heterocycles. The Morgan fingerprint density at radius 3 is 2.43 bits per heavy atom. The number of benzene rings is 3. The van der Waals surface area contributed by atoms with Crippen LogP contribution in [0.3, 0.4) is 0 Å². The average Bonchev–Trinajstić information content (AvgIpc) is 2.78. The Labute approximate surface area is 175 Å². The van der Waals surface area contributed by atoms with Crippen LogP contribution in [0.5, 0.6) is 5.75 Å². The van der Waals surface area contributed by atoms with Crippen LogP contribution in [0.4, 0.5) is 4.39 Å². The van der Waals surface area contributed by atoms with E-state index in [9.17, 15) is 14.0 Å². The van der Waals surface area contributed by atoms with Gasteiger partial charge in [-0.2, -0.15) is 0 Å². The fourth-order valence-corrected chi connectivity index (χ4v) is 3.42. The number of hydrogen-bond acceptors (Lipinski definition) is 3. The van der Waals surface area contributed by atoms with Crippen LogP contribution >= 0.6 is 0 Å². The van der Waals surface area contributed by atoms with Crippen molar-refractivity contribution in [3.63, 3.8) is 0 Å². The highest BCUT2D eigenvalue weighted by atomic mass is 19.1. The first kappa shape index (κ1) is 21.3. The Morgan fingerprint density at radius 2 is 1.73 bits per heavy atom. The molecule has 0 aliphatic carbocycles. The molecule has 3 aromatic rings. The third kappa shape index (κ3) is 4.95. The maximum atomic E-state index is 13.3. The molecule has 5 nitrogen and oxygen atoms in total. The minimum Gasteiger partial charge on any atom is -0.483 e. The summed E-state index contributed by atoms with van der Waals surface area (Å²) < 4.78 is 19.1. The summed E-state index contributed by atoms with van der Waals surface area (Å²) in [4.78, 5) is 27.0. The predicted molar refractivity (Wildman–Crippen MR) is 115 cm³/mol. The van der Waals surface area contributed by atoms with Gasteiger partial charge in [0.2, 0.25) is 5.91 Å². The number of ether oxygens (including phenoxy) is 1. The molecule has 0 radical (unpaired) electrons. The molecule has 2 amide bonds. The van der Waals surface area contributed by atoms with E-state index in [-0.39, 0.29) is 30.8 Å². The summed E-state index contributed by atoms with van der Waals surface area (Å²) in [6, 6.07) is 18.7. The van der Waals surface area contributed by atoms with Gasteiger partial charge in [0.1, 0.15) is 17.6 Å². The van der Waals surface area contributed by atoms with Crippen LogP contribution in [0.25, 0.3) is 10.8 Å². The van der Waals surface area contributed by atoms with Crippen LogP contribution in [-0.2, 0) is 16.1 Å². The predicted octanol–water partition coefficient (Wildman–Crippen LogP) is 3.91. The van der Waals surface area contributed by atoms with Crippen LogP contribution in [0.1, 0.15) is 18.9 Å². The standard InChI is InChI=1S/C24H25FN2O3/c1-3-21(24(29)26-2)27(15-17-11-13-19(25)14-12-17)23(28)16-30-22-10-6-8-18-7-4-5-9-20(18)22/h4-14,21H,3,15-16H2,1-2H3,(H,26,29). The SMILES string of the molecule is CCC(C(=O)NC)N(Cc1ccc(F)cc1)C(=O)COc1cccc2ccccc12. The van der Waals surface area contributed by atoms with Gasteiger partial charge in [-0.3, -0.25) is 9.59 Å². The van der Waals surface area contributed by atoms with Crippen molar-refractivity contribution in [1.29, 1.82) is 0 Å². The smallest absolute Gasteiger partial charge is 0.261 e. The second-order valence-corrected chi connectivity index (χ2v) is 6.95. The van der Waals surface area contributed by atoms with Gasteiger partial charge < -0.3 is 15.0 Å². The molecule has 30 heavy (non-hydrogen) atoms. The number of halogens is 1. The number of hydrogen-bond donors (Lipinski definition) is 1. The lowest BCUT2D eigenvalue weighted by atomic mass is 10.1. The van der Waals surface area contributed by atoms with Gasteiger partial charge in [0.25, 0.3) is 5.91 Å². The van der Waals surface area contributed by atoms with Crippen LogP contribution in [0.15, 0.2) is 66.7 Å². The summed E-state index contributed by atoms with van der Waals surface area (Å²) in [5.41, 5.74) is 0.734. The van der Waals surface area contributed by atoms with Crippen molar-refractivity contribution in [2.24, 2.45) is 0 Å². The molecule has 1 atom stereocenters. The molecule has 0 saturated heterocycles. The first-order valence-corrected chi connectivity index (χ1v) is 9.89. The van der Waals surface area contributed by atoms with E-state index in [1.165, 1.54) is 24.1 Å². The molecule has 0 heterocycles. The first-order valence-electron chi connectivity index (χ1n) is 9.89. The van der Waals surface area contributed by atoms with E-state index in [1.807, 2.05) is 49.4 Å². The summed E-state index contributed by atoms with van der Waals surface area (Å²) in [7, 11) is 1.54. The van der Waals surface area contributed by atoms with Crippen LogP contribution < -0.4 is 10.1 Å². The van der Waals surface area contributed by atoms with Gasteiger partial charge in [0.05, 0.1) is 0 Å². The highest BCUT2D eigenvalue weighted by Crippen LogP contribution is 2.25. The number of likely N-dealkylation sites (N-methyl/N-ethyl adjacent to an activating group) is 1. The molecule has 0 spiro atoms. The van der Waals surface area contributed by atoms with Crippen LogP contribution in [0.2, 0.25) is 0 Å². The van der Waals surface area contributed by atoms with E-state index >= 15 is 0 Å². The van der Waals surface area contributed by atoms with Crippen molar-refractivity contribution < 1.29 is 18.7 Å². The molecule has 3 aromatic carbocycles. The van der Waals surface area contributed by atoms with E-state index in [0.717, 1.165) is 16.3 Å². The molecule has 1 N–H and O–H groups in total. The van der Waals surface area contributed by atoms with Crippen molar-refractivity contribution in [2.75, 3.05) is 13.7 Å². The zero-order valence-corrected chi connectivity index (χ0v) is 17.1. The number of carbonyl (C=O) groups is 2. The Kier molecular flexibility index (Phi) is 7.01. The first-order chi connectivity index (χ1) is 14.5. The molecule has 0 aliphatic rings. The largest absolute Gasteiger partial charge is 0.483 e. The quantitative estimate of drug-likeness (QED) is 0.615. The van der Waals surface area contributed by atoms with Gasteiger partial charge in [-0.25, -0.2) is 4.39 Å². The van der Waals surface area contributed by atoms with Gasteiger partial charge in [-0.1, -0.05) is 55.5 Å². The molecule has 156 valence electrons. The molecule has 1 unspecified atom stereocenters. The van der Waals surface area contributed by atoms with Crippen LogP contribution in [0, 0.1) is 5.82 Å². The minimum atomic E-state index is -0.649. The normalized spacial score (nSPS) is 11.7. The van der Waals surface area contributed by atoms with Gasteiger partial charge in [0, 0.05) is 19.0 Å². The summed E-state index contributed by atoms with van der Waals surface area (Å²) in [5, 5.41) is 4.54. The average molecular weight is 408 g/mol. The molecule has 3 rings (SSSR count). The summed E-state index contributed by atoms with van der Waals surface area (Å²) in [5.74, 6) is -0.314. The Bertz CT molecular complexity index is 1020. The van der Waals surface area contributed by atoms with Crippen molar-refractivity contribution in [3.05, 3.63) is 78.1 Å². The molecule has 6 heteroatoms. The van der Waals surface area contributed by atoms with Crippen molar-refractivity contribution in [1.82, 2.24) is 10.2 Å². The minimum absolute atomic E-state index is 0.184. The zero-order valence-electron chi connectivity index (χ0n) is 17.1. The van der Waals surface area contributed by atoms with E-state index in [0.29, 0.717) is 12.2 Å². The lowest BCUT2D eigenvalue weighted by molar-refractivity contribution is -0.142. The number of nitrogens with zero attached hydrogens (tertiary/aromatic N) is 1. The highest BCUT2D eigenvalue weighted by Gasteiger charge is 2.28. The van der Waals surface area contributed by atoms with E-state index in [4.69, 9.17) is 4.74 Å². The van der Waals surface area contributed by atoms with E-state index < -0.39 is 6.04 Å². The van der Waals surface area contributed by atoms with Crippen LogP contribution in [-0.4, -0.2) is 36.4 Å². The molecular formula is C24H25FN2O3. The van der Waals surface area contributed by atoms with Gasteiger partial charge >= 0.3 is 0 Å². The van der Waals surface area contributed by atoms with Crippen molar-refractivity contribution in [3.8, 4) is 5.75 Å². The fourth-order valence-electron chi connectivity index (χ4n) is 3.42. The Morgan fingerprint density at radius 1 is 1.03 bits per heavy atom. The number of amides is 2. The second kappa shape index (κ2) is 9.87. The second-order valence-electron chi connectivity index (χ2n) is 6.95. The highest BCUT2D eigenvalue weighted by molar-refractivity contribution is 5.90. The molecule has 0 saturated carbocycles. The third-order valence-electron chi connectivity index (χ3n) is 5.00. The maximum absolute atomic E-state index is 13.3. The molecule has 0 aliphatic heterocycles. The lowest BCUT2D eigenvalue weighted by Crippen LogP contribution is -2.49. The molecular weight excluding hydrogens is 383 g/mol. The maximum Gasteiger partial charge on any atom is 0.261 e. The fraction of sp³-hybridized carbons (Fsp3) is 0.250. The topological polar surface area (TPSA) is 58.6 Å². The number of fused-ring (bicyclic) bond motifs is 1. The monoisotopic (exact) mass is 408 g/mol. The number of carbonyl (C=O) groups excluding carboxylic acids is 2. The van der Waals surface area contributed by atoms with Gasteiger partial charge in [-0.15, -0.1) is 0 Å². The summed E-state index contributed by atoms with van der Waals surface area (Å²) in [6.45, 7) is 1.82. The number of nitrogens with one attached hydrogen (secondary N) is 1. The molecule has 0 bridgehead atoms. The van der Waals surface area contributed by atoms with Crippen molar-refractivity contribution >= 4 is 22.6 Å². The third-order valence-corrected chi connectivity index (χ3v) is 5.00. The zero-order chi connectivity index (χ0) is 21.5. The van der Waals surface area contributed by atoms with Crippen molar-refractivity contribution in [2.45, 2.75) is 25.9 Å². The van der Waals surface area contributed by atoms with E-state index in [2.05, 4.69) is 5.32 Å². The van der Waals surface area contributed by atoms with E-state index in [1.54, 1.807) is 12.1 Å². The molecule has 0 fully saturated rings. The Balaban J connectivity index is 1.81. The summed E-state index contributed by atoms with van der Waals surface area (Å²) >= 11 is 0. The summed E-state index contributed by atoms with van der Waals surface area (Å²) in [6.07, 6.45) is 0.445. The van der Waals surface area contributed by atoms with Gasteiger partial charge in [-0.05, 0) is 35.6 Å². The van der Waals surface area contributed by atoms with Gasteiger partial charge in [0.15, 0.2) is 6.61 Å². The Hall–Kier alpha value is -3.41. The lowest BCUT2D eigenvalue weighted by Gasteiger charge is -2.30.